The summed E-state index contributed by atoms with van der Waals surface area (Å²) in [6.45, 7) is 1.86. The van der Waals surface area contributed by atoms with Crippen LogP contribution in [0.2, 0.25) is 0 Å². The Morgan fingerprint density at radius 3 is 3.11 bits per heavy atom. The number of fused-ring (bicyclic) bond motifs is 1. The summed E-state index contributed by atoms with van der Waals surface area (Å²) in [7, 11) is 1.60. The number of ether oxygens (including phenoxy) is 1. The first kappa shape index (κ1) is 10.8. The van der Waals surface area contributed by atoms with Crippen molar-refractivity contribution in [3.05, 3.63) is 30.5 Å². The van der Waals surface area contributed by atoms with Crippen molar-refractivity contribution in [1.29, 1.82) is 0 Å². The summed E-state index contributed by atoms with van der Waals surface area (Å²) in [5, 5.41) is 11.6. The molecule has 1 atom stereocenters. The van der Waals surface area contributed by atoms with E-state index in [1.807, 2.05) is 25.3 Å². The SMILES string of the molecule is CO[C@@H](C)c1noc(-c2ccc3nncn3c2)n1. The Labute approximate surface area is 102 Å². The third-order valence-electron chi connectivity index (χ3n) is 2.70. The predicted molar refractivity (Wildman–Crippen MR) is 61.7 cm³/mol. The summed E-state index contributed by atoms with van der Waals surface area (Å²) in [4.78, 5) is 4.29. The molecular formula is C11H11N5O2. The van der Waals surface area contributed by atoms with Gasteiger partial charge in [0.1, 0.15) is 12.4 Å². The minimum absolute atomic E-state index is 0.193. The van der Waals surface area contributed by atoms with Gasteiger partial charge in [0, 0.05) is 13.3 Å². The van der Waals surface area contributed by atoms with E-state index in [2.05, 4.69) is 20.3 Å². The molecule has 7 nitrogen and oxygen atoms in total. The molecule has 3 aromatic rings. The molecule has 0 N–H and O–H groups in total. The van der Waals surface area contributed by atoms with Crippen molar-refractivity contribution >= 4 is 5.65 Å². The number of nitrogens with zero attached hydrogens (tertiary/aromatic N) is 5. The summed E-state index contributed by atoms with van der Waals surface area (Å²) >= 11 is 0. The molecule has 3 heterocycles. The average Bonchev–Trinajstić information content (AvgIpc) is 3.05. The molecule has 0 bridgehead atoms. The fraction of sp³-hybridized carbons (Fsp3) is 0.273. The Bertz CT molecular complexity index is 675. The van der Waals surface area contributed by atoms with E-state index in [0.29, 0.717) is 11.7 Å². The van der Waals surface area contributed by atoms with Crippen LogP contribution in [0.1, 0.15) is 18.9 Å². The fourth-order valence-electron chi connectivity index (χ4n) is 1.58. The maximum atomic E-state index is 5.20. The molecule has 0 fully saturated rings. The zero-order chi connectivity index (χ0) is 12.5. The molecule has 0 aliphatic rings. The highest BCUT2D eigenvalue weighted by Gasteiger charge is 2.14. The highest BCUT2D eigenvalue weighted by molar-refractivity contribution is 5.55. The zero-order valence-corrected chi connectivity index (χ0v) is 9.94. The Hall–Kier alpha value is -2.28. The van der Waals surface area contributed by atoms with Gasteiger partial charge in [0.2, 0.25) is 5.82 Å². The Morgan fingerprint density at radius 2 is 2.28 bits per heavy atom. The van der Waals surface area contributed by atoms with E-state index in [-0.39, 0.29) is 6.10 Å². The average molecular weight is 245 g/mol. The number of hydrogen-bond acceptors (Lipinski definition) is 6. The second-order valence-corrected chi connectivity index (χ2v) is 3.85. The van der Waals surface area contributed by atoms with Crippen molar-refractivity contribution in [3.63, 3.8) is 0 Å². The lowest BCUT2D eigenvalue weighted by Crippen LogP contribution is -1.97. The Morgan fingerprint density at radius 1 is 1.39 bits per heavy atom. The van der Waals surface area contributed by atoms with Crippen molar-refractivity contribution in [1.82, 2.24) is 24.7 Å². The van der Waals surface area contributed by atoms with Crippen molar-refractivity contribution < 1.29 is 9.26 Å². The molecule has 0 aromatic carbocycles. The van der Waals surface area contributed by atoms with Crippen LogP contribution in [0.15, 0.2) is 29.2 Å². The molecule has 0 radical (unpaired) electrons. The topological polar surface area (TPSA) is 78.3 Å². The van der Waals surface area contributed by atoms with Crippen LogP contribution >= 0.6 is 0 Å². The van der Waals surface area contributed by atoms with Crippen LogP contribution in [0.25, 0.3) is 17.1 Å². The van der Waals surface area contributed by atoms with Gasteiger partial charge in [0.15, 0.2) is 5.65 Å². The van der Waals surface area contributed by atoms with Crippen LogP contribution in [-0.4, -0.2) is 31.8 Å². The Kier molecular flexibility index (Phi) is 2.52. The molecular weight excluding hydrogens is 234 g/mol. The quantitative estimate of drug-likeness (QED) is 0.695. The normalized spacial score (nSPS) is 13.0. The molecule has 3 aromatic heterocycles. The molecule has 0 saturated heterocycles. The highest BCUT2D eigenvalue weighted by Crippen LogP contribution is 2.20. The highest BCUT2D eigenvalue weighted by atomic mass is 16.5. The molecule has 0 aliphatic carbocycles. The van der Waals surface area contributed by atoms with Gasteiger partial charge in [-0.15, -0.1) is 10.2 Å². The first-order valence-electron chi connectivity index (χ1n) is 5.44. The van der Waals surface area contributed by atoms with E-state index < -0.39 is 0 Å². The number of hydrogen-bond donors (Lipinski definition) is 0. The van der Waals surface area contributed by atoms with Gasteiger partial charge >= 0.3 is 0 Å². The van der Waals surface area contributed by atoms with E-state index in [1.165, 1.54) is 0 Å². The third-order valence-corrected chi connectivity index (χ3v) is 2.70. The number of rotatable bonds is 3. The molecule has 0 saturated carbocycles. The molecule has 7 heteroatoms. The second kappa shape index (κ2) is 4.19. The van der Waals surface area contributed by atoms with Gasteiger partial charge in [-0.1, -0.05) is 5.16 Å². The third kappa shape index (κ3) is 1.74. The molecule has 92 valence electrons. The van der Waals surface area contributed by atoms with Crippen molar-refractivity contribution in [3.8, 4) is 11.5 Å². The monoisotopic (exact) mass is 245 g/mol. The largest absolute Gasteiger partial charge is 0.374 e. The smallest absolute Gasteiger partial charge is 0.259 e. The van der Waals surface area contributed by atoms with Crippen LogP contribution in [-0.2, 0) is 4.74 Å². The van der Waals surface area contributed by atoms with Gasteiger partial charge in [-0.25, -0.2) is 0 Å². The van der Waals surface area contributed by atoms with Gasteiger partial charge in [-0.3, -0.25) is 4.40 Å². The summed E-state index contributed by atoms with van der Waals surface area (Å²) in [5.74, 6) is 0.973. The van der Waals surface area contributed by atoms with Crippen LogP contribution in [0.5, 0.6) is 0 Å². The lowest BCUT2D eigenvalue weighted by Gasteiger charge is -2.00. The molecule has 0 amide bonds. The summed E-state index contributed by atoms with van der Waals surface area (Å²) in [5.41, 5.74) is 1.58. The van der Waals surface area contributed by atoms with Crippen LogP contribution in [0.4, 0.5) is 0 Å². The molecule has 18 heavy (non-hydrogen) atoms. The first-order valence-corrected chi connectivity index (χ1v) is 5.44. The van der Waals surface area contributed by atoms with Gasteiger partial charge in [0.25, 0.3) is 5.89 Å². The zero-order valence-electron chi connectivity index (χ0n) is 9.94. The summed E-state index contributed by atoms with van der Waals surface area (Å²) in [6.07, 6.45) is 3.26. The minimum atomic E-state index is -0.193. The lowest BCUT2D eigenvalue weighted by molar-refractivity contribution is 0.109. The van der Waals surface area contributed by atoms with Gasteiger partial charge in [-0.2, -0.15) is 4.98 Å². The maximum absolute atomic E-state index is 5.20. The standard InChI is InChI=1S/C11H11N5O2/c1-7(17-2)10-13-11(18-15-10)8-3-4-9-14-12-6-16(9)5-8/h3-7H,1-2H3/t7-/m0/s1. The van der Waals surface area contributed by atoms with E-state index >= 15 is 0 Å². The molecule has 3 rings (SSSR count). The Balaban J connectivity index is 2.00. The molecule has 0 spiro atoms. The van der Waals surface area contributed by atoms with E-state index in [4.69, 9.17) is 9.26 Å². The molecule has 0 aliphatic heterocycles. The number of aromatic nitrogens is 5. The van der Waals surface area contributed by atoms with E-state index in [9.17, 15) is 0 Å². The number of methoxy groups -OCH3 is 1. The number of pyridine rings is 1. The maximum Gasteiger partial charge on any atom is 0.259 e. The van der Waals surface area contributed by atoms with Gasteiger partial charge in [0.05, 0.1) is 5.56 Å². The second-order valence-electron chi connectivity index (χ2n) is 3.85. The van der Waals surface area contributed by atoms with Crippen molar-refractivity contribution in [2.75, 3.05) is 7.11 Å². The van der Waals surface area contributed by atoms with E-state index in [1.54, 1.807) is 17.8 Å². The predicted octanol–water partition coefficient (Wildman–Crippen LogP) is 1.49. The van der Waals surface area contributed by atoms with Crippen LogP contribution in [0, 0.1) is 0 Å². The lowest BCUT2D eigenvalue weighted by atomic mass is 10.3. The first-order chi connectivity index (χ1) is 8.78. The van der Waals surface area contributed by atoms with Gasteiger partial charge in [-0.05, 0) is 19.1 Å². The fourth-order valence-corrected chi connectivity index (χ4v) is 1.58. The van der Waals surface area contributed by atoms with Gasteiger partial charge < -0.3 is 9.26 Å². The summed E-state index contributed by atoms with van der Waals surface area (Å²) in [6, 6.07) is 3.70. The molecule has 0 unspecified atom stereocenters. The summed E-state index contributed by atoms with van der Waals surface area (Å²) < 4.78 is 12.1. The minimum Gasteiger partial charge on any atom is -0.374 e. The van der Waals surface area contributed by atoms with Crippen LogP contribution in [0.3, 0.4) is 0 Å². The van der Waals surface area contributed by atoms with Crippen LogP contribution < -0.4 is 0 Å². The van der Waals surface area contributed by atoms with E-state index in [0.717, 1.165) is 11.2 Å². The van der Waals surface area contributed by atoms with Crippen molar-refractivity contribution in [2.45, 2.75) is 13.0 Å². The van der Waals surface area contributed by atoms with Crippen molar-refractivity contribution in [2.24, 2.45) is 0 Å².